The molecular weight excluding hydrogens is 333 g/mol. The molecule has 2 aliphatic rings. The van der Waals surface area contributed by atoms with Gasteiger partial charge in [0.05, 0.1) is 5.56 Å². The Balaban J connectivity index is 1.59. The summed E-state index contributed by atoms with van der Waals surface area (Å²) >= 11 is 0. The van der Waals surface area contributed by atoms with Crippen LogP contribution in [0, 0.1) is 11.8 Å². The fourth-order valence-corrected chi connectivity index (χ4v) is 4.22. The molecule has 0 heterocycles. The average molecular weight is 356 g/mol. The van der Waals surface area contributed by atoms with E-state index in [9.17, 15) is 18.0 Å². The van der Waals surface area contributed by atoms with Gasteiger partial charge in [-0.05, 0) is 49.7 Å². The molecule has 0 spiro atoms. The fraction of sp³-hybridized carbons (Fsp3) is 0.611. The van der Waals surface area contributed by atoms with E-state index in [0.29, 0.717) is 11.8 Å². The highest BCUT2D eigenvalue weighted by atomic mass is 19.4. The van der Waals surface area contributed by atoms with E-state index in [1.165, 1.54) is 18.2 Å². The van der Waals surface area contributed by atoms with E-state index < -0.39 is 18.3 Å². The maximum absolute atomic E-state index is 12.9. The van der Waals surface area contributed by atoms with Gasteiger partial charge in [-0.2, -0.15) is 13.2 Å². The van der Waals surface area contributed by atoms with Gasteiger partial charge < -0.3 is 15.8 Å². The van der Waals surface area contributed by atoms with E-state index in [0.717, 1.165) is 38.2 Å². The molecule has 0 radical (unpaired) electrons. The Hall–Kier alpha value is -1.76. The highest BCUT2D eigenvalue weighted by Crippen LogP contribution is 2.40. The maximum Gasteiger partial charge on any atom is 0.419 e. The summed E-state index contributed by atoms with van der Waals surface area (Å²) in [5.41, 5.74) is 5.19. The topological polar surface area (TPSA) is 64.3 Å². The second-order valence-corrected chi connectivity index (χ2v) is 7.06. The van der Waals surface area contributed by atoms with Crippen molar-refractivity contribution in [3.05, 3.63) is 29.8 Å². The number of nitrogens with one attached hydrogen (secondary N) is 1. The van der Waals surface area contributed by atoms with Crippen LogP contribution in [-0.2, 0) is 11.0 Å². The van der Waals surface area contributed by atoms with Crippen molar-refractivity contribution in [2.75, 3.05) is 6.61 Å². The predicted molar refractivity (Wildman–Crippen MR) is 86.9 cm³/mol. The Labute approximate surface area is 144 Å². The van der Waals surface area contributed by atoms with Gasteiger partial charge in [-0.3, -0.25) is 4.79 Å². The molecule has 1 aromatic rings. The van der Waals surface area contributed by atoms with Crippen molar-refractivity contribution < 1.29 is 22.7 Å². The Kier molecular flexibility index (Phi) is 5.22. The van der Waals surface area contributed by atoms with Crippen molar-refractivity contribution in [3.8, 4) is 5.75 Å². The lowest BCUT2D eigenvalue weighted by atomic mass is 9.67. The molecule has 2 unspecified atom stereocenters. The van der Waals surface area contributed by atoms with Gasteiger partial charge in [0.15, 0.2) is 6.61 Å². The molecular formula is C18H23F3N2O2. The van der Waals surface area contributed by atoms with Gasteiger partial charge in [0, 0.05) is 12.1 Å². The quantitative estimate of drug-likeness (QED) is 0.871. The summed E-state index contributed by atoms with van der Waals surface area (Å²) in [5.74, 6) is 0.00758. The SMILES string of the molecule is NC1CC2CCCC(C1)C2NC(=O)COc1ccccc1C(F)(F)F. The summed E-state index contributed by atoms with van der Waals surface area (Å²) in [6, 6.07) is 5.16. The number of carbonyl (C=O) groups is 1. The second-order valence-electron chi connectivity index (χ2n) is 7.06. The first-order valence-corrected chi connectivity index (χ1v) is 8.68. The van der Waals surface area contributed by atoms with Crippen molar-refractivity contribution in [2.24, 2.45) is 17.6 Å². The number of carbonyl (C=O) groups excluding carboxylic acids is 1. The molecule has 2 atom stereocenters. The molecule has 2 bridgehead atoms. The fourth-order valence-electron chi connectivity index (χ4n) is 4.22. The van der Waals surface area contributed by atoms with Crippen molar-refractivity contribution >= 4 is 5.91 Å². The number of benzene rings is 1. The van der Waals surface area contributed by atoms with E-state index in [1.807, 2.05) is 0 Å². The van der Waals surface area contributed by atoms with Crippen LogP contribution in [0.25, 0.3) is 0 Å². The number of hydrogen-bond donors (Lipinski definition) is 2. The molecule has 25 heavy (non-hydrogen) atoms. The number of fused-ring (bicyclic) bond motifs is 2. The lowest BCUT2D eigenvalue weighted by Crippen LogP contribution is -2.54. The predicted octanol–water partition coefficient (Wildman–Crippen LogP) is 3.11. The first-order valence-electron chi connectivity index (χ1n) is 8.68. The van der Waals surface area contributed by atoms with E-state index in [1.54, 1.807) is 0 Å². The number of hydrogen-bond acceptors (Lipinski definition) is 3. The monoisotopic (exact) mass is 356 g/mol. The number of halogens is 3. The summed E-state index contributed by atoms with van der Waals surface area (Å²) in [4.78, 5) is 12.2. The van der Waals surface area contributed by atoms with Crippen LogP contribution in [0.2, 0.25) is 0 Å². The van der Waals surface area contributed by atoms with E-state index >= 15 is 0 Å². The molecule has 1 amide bonds. The number of ether oxygens (including phenoxy) is 1. The molecule has 2 fully saturated rings. The molecule has 3 rings (SSSR count). The third-order valence-corrected chi connectivity index (χ3v) is 5.26. The molecule has 0 aliphatic heterocycles. The van der Waals surface area contributed by atoms with E-state index in [-0.39, 0.29) is 23.7 Å². The van der Waals surface area contributed by atoms with E-state index in [4.69, 9.17) is 10.5 Å². The van der Waals surface area contributed by atoms with Crippen molar-refractivity contribution in [2.45, 2.75) is 50.4 Å². The van der Waals surface area contributed by atoms with E-state index in [2.05, 4.69) is 5.32 Å². The van der Waals surface area contributed by atoms with Crippen LogP contribution in [0.3, 0.4) is 0 Å². The first-order chi connectivity index (χ1) is 11.8. The summed E-state index contributed by atoms with van der Waals surface area (Å²) in [7, 11) is 0. The Morgan fingerprint density at radius 3 is 2.48 bits per heavy atom. The lowest BCUT2D eigenvalue weighted by molar-refractivity contribution is -0.139. The lowest BCUT2D eigenvalue weighted by Gasteiger charge is -2.45. The third-order valence-electron chi connectivity index (χ3n) is 5.26. The summed E-state index contributed by atoms with van der Waals surface area (Å²) in [6.45, 7) is -0.422. The smallest absolute Gasteiger partial charge is 0.419 e. The minimum Gasteiger partial charge on any atom is -0.483 e. The van der Waals surface area contributed by atoms with Crippen LogP contribution in [-0.4, -0.2) is 24.6 Å². The molecule has 2 saturated carbocycles. The molecule has 7 heteroatoms. The van der Waals surface area contributed by atoms with Gasteiger partial charge in [-0.1, -0.05) is 18.6 Å². The van der Waals surface area contributed by atoms with Crippen LogP contribution in [0.15, 0.2) is 24.3 Å². The first kappa shape index (κ1) is 18.0. The van der Waals surface area contributed by atoms with Crippen LogP contribution < -0.4 is 15.8 Å². The highest BCUT2D eigenvalue weighted by Gasteiger charge is 2.40. The van der Waals surface area contributed by atoms with Gasteiger partial charge >= 0.3 is 6.18 Å². The molecule has 2 aliphatic carbocycles. The van der Waals surface area contributed by atoms with Crippen molar-refractivity contribution in [1.29, 1.82) is 0 Å². The van der Waals surface area contributed by atoms with Crippen LogP contribution in [0.4, 0.5) is 13.2 Å². The number of para-hydroxylation sites is 1. The molecule has 3 N–H and O–H groups in total. The minimum atomic E-state index is -4.51. The van der Waals surface area contributed by atoms with Gasteiger partial charge in [-0.25, -0.2) is 0 Å². The summed E-state index contributed by atoms with van der Waals surface area (Å²) in [5, 5.41) is 2.97. The summed E-state index contributed by atoms with van der Waals surface area (Å²) in [6.07, 6.45) is 0.478. The van der Waals surface area contributed by atoms with Gasteiger partial charge in [0.2, 0.25) is 0 Å². The third kappa shape index (κ3) is 4.26. The maximum atomic E-state index is 12.9. The largest absolute Gasteiger partial charge is 0.483 e. The number of amides is 1. The Morgan fingerprint density at radius 1 is 1.20 bits per heavy atom. The van der Waals surface area contributed by atoms with Gasteiger partial charge in [-0.15, -0.1) is 0 Å². The zero-order valence-electron chi connectivity index (χ0n) is 13.9. The van der Waals surface area contributed by atoms with Crippen LogP contribution in [0.5, 0.6) is 5.75 Å². The molecule has 0 saturated heterocycles. The standard InChI is InChI=1S/C18H23F3N2O2/c19-18(20,21)14-6-1-2-7-15(14)25-10-16(24)23-17-11-4-3-5-12(17)9-13(22)8-11/h1-2,6-7,11-13,17H,3-5,8-10,22H2,(H,23,24). The molecule has 4 nitrogen and oxygen atoms in total. The number of nitrogens with two attached hydrogens (primary N) is 1. The second kappa shape index (κ2) is 7.23. The van der Waals surface area contributed by atoms with Crippen molar-refractivity contribution in [3.63, 3.8) is 0 Å². The number of alkyl halides is 3. The Morgan fingerprint density at radius 2 is 1.84 bits per heavy atom. The zero-order valence-corrected chi connectivity index (χ0v) is 13.9. The highest BCUT2D eigenvalue weighted by molar-refractivity contribution is 5.78. The van der Waals surface area contributed by atoms with Crippen molar-refractivity contribution in [1.82, 2.24) is 5.32 Å². The summed E-state index contributed by atoms with van der Waals surface area (Å²) < 4.78 is 44.0. The average Bonchev–Trinajstić information content (AvgIpc) is 2.53. The van der Waals surface area contributed by atoms with Gasteiger partial charge in [0.25, 0.3) is 5.91 Å². The van der Waals surface area contributed by atoms with Gasteiger partial charge in [0.1, 0.15) is 5.75 Å². The zero-order chi connectivity index (χ0) is 18.0. The normalized spacial score (nSPS) is 29.1. The van der Waals surface area contributed by atoms with Crippen LogP contribution >= 0.6 is 0 Å². The molecule has 1 aromatic carbocycles. The number of rotatable bonds is 4. The van der Waals surface area contributed by atoms with Crippen LogP contribution in [0.1, 0.15) is 37.7 Å². The minimum absolute atomic E-state index is 0.0579. The molecule has 138 valence electrons. The molecule has 0 aromatic heterocycles. The Bertz CT molecular complexity index is 607.